The maximum absolute atomic E-state index is 6.45. The van der Waals surface area contributed by atoms with E-state index in [0.717, 1.165) is 65.2 Å². The summed E-state index contributed by atoms with van der Waals surface area (Å²) < 4.78 is 3.33. The highest BCUT2D eigenvalue weighted by Crippen LogP contribution is 2.37. The molecular formula is C20H21BrClN5. The van der Waals surface area contributed by atoms with Gasteiger partial charge in [-0.05, 0) is 49.9 Å². The first-order chi connectivity index (χ1) is 13.2. The van der Waals surface area contributed by atoms with Crippen molar-refractivity contribution in [2.24, 2.45) is 0 Å². The number of pyridine rings is 1. The van der Waals surface area contributed by atoms with Crippen molar-refractivity contribution in [1.82, 2.24) is 19.7 Å². The summed E-state index contributed by atoms with van der Waals surface area (Å²) >= 11 is 9.96. The van der Waals surface area contributed by atoms with Gasteiger partial charge < -0.3 is 9.47 Å². The normalized spacial score (nSPS) is 20.1. The summed E-state index contributed by atoms with van der Waals surface area (Å²) in [6.45, 7) is 2.02. The Morgan fingerprint density at radius 1 is 1.04 bits per heavy atom. The lowest BCUT2D eigenvalue weighted by molar-refractivity contribution is 0.558. The largest absolute Gasteiger partial charge is 0.346 e. The summed E-state index contributed by atoms with van der Waals surface area (Å²) in [6, 6.07) is 8.40. The second-order valence-corrected chi connectivity index (χ2v) is 8.74. The monoisotopic (exact) mass is 445 g/mol. The zero-order chi connectivity index (χ0) is 18.4. The average Bonchev–Trinajstić information content (AvgIpc) is 3.22. The number of hydrogen-bond donors (Lipinski definition) is 0. The molecule has 0 N–H and O–H groups in total. The fraction of sp³-hybridized carbons (Fsp3) is 0.450. The molecule has 4 heterocycles. The Labute approximate surface area is 171 Å². The fourth-order valence-corrected chi connectivity index (χ4v) is 5.25. The van der Waals surface area contributed by atoms with Crippen LogP contribution >= 0.6 is 27.5 Å². The lowest BCUT2D eigenvalue weighted by Gasteiger charge is -2.26. The highest BCUT2D eigenvalue weighted by molar-refractivity contribution is 9.10. The SMILES string of the molecule is Clc1cc(Br)cc2ccc(N3CCCC3c3nnc4n3CCCCC4)nc12. The molecule has 1 saturated heterocycles. The van der Waals surface area contributed by atoms with E-state index in [9.17, 15) is 0 Å². The topological polar surface area (TPSA) is 46.8 Å². The second-order valence-electron chi connectivity index (χ2n) is 7.42. The van der Waals surface area contributed by atoms with Crippen LogP contribution in [0.15, 0.2) is 28.7 Å². The van der Waals surface area contributed by atoms with E-state index < -0.39 is 0 Å². The molecule has 0 aliphatic carbocycles. The number of aryl methyl sites for hydroxylation is 1. The van der Waals surface area contributed by atoms with Gasteiger partial charge in [-0.15, -0.1) is 10.2 Å². The van der Waals surface area contributed by atoms with Gasteiger partial charge in [-0.25, -0.2) is 4.98 Å². The van der Waals surface area contributed by atoms with Crippen molar-refractivity contribution in [2.45, 2.75) is 51.1 Å². The quantitative estimate of drug-likeness (QED) is 0.535. The van der Waals surface area contributed by atoms with Crippen LogP contribution < -0.4 is 4.90 Å². The van der Waals surface area contributed by atoms with Gasteiger partial charge in [-0.2, -0.15) is 0 Å². The number of halogens is 2. The lowest BCUT2D eigenvalue weighted by atomic mass is 10.2. The molecule has 5 rings (SSSR count). The lowest BCUT2D eigenvalue weighted by Crippen LogP contribution is -2.26. The molecule has 2 aliphatic rings. The summed E-state index contributed by atoms with van der Waals surface area (Å²) in [5, 5.41) is 10.8. The van der Waals surface area contributed by atoms with Gasteiger partial charge in [0.2, 0.25) is 0 Å². The van der Waals surface area contributed by atoms with Crippen LogP contribution in [0.3, 0.4) is 0 Å². The first kappa shape index (κ1) is 17.4. The molecule has 140 valence electrons. The predicted octanol–water partition coefficient (Wildman–Crippen LogP) is 5.31. The Bertz CT molecular complexity index is 1000. The van der Waals surface area contributed by atoms with E-state index in [1.54, 1.807) is 0 Å². The Morgan fingerprint density at radius 2 is 1.96 bits per heavy atom. The fourth-order valence-electron chi connectivity index (χ4n) is 4.37. The van der Waals surface area contributed by atoms with Gasteiger partial charge in [0, 0.05) is 29.4 Å². The van der Waals surface area contributed by atoms with E-state index in [2.05, 4.69) is 53.8 Å². The molecule has 1 aromatic carbocycles. The predicted molar refractivity (Wildman–Crippen MR) is 111 cm³/mol. The Hall–Kier alpha value is -1.66. The van der Waals surface area contributed by atoms with Crippen molar-refractivity contribution >= 4 is 44.3 Å². The summed E-state index contributed by atoms with van der Waals surface area (Å²) in [7, 11) is 0. The summed E-state index contributed by atoms with van der Waals surface area (Å²) in [5.41, 5.74) is 0.850. The number of benzene rings is 1. The molecule has 0 spiro atoms. The van der Waals surface area contributed by atoms with Crippen LogP contribution in [-0.4, -0.2) is 26.3 Å². The van der Waals surface area contributed by atoms with Gasteiger partial charge in [0.05, 0.1) is 16.6 Å². The number of fused-ring (bicyclic) bond motifs is 2. The molecule has 0 bridgehead atoms. The van der Waals surface area contributed by atoms with Crippen molar-refractivity contribution < 1.29 is 0 Å². The van der Waals surface area contributed by atoms with E-state index in [4.69, 9.17) is 16.6 Å². The number of nitrogens with zero attached hydrogens (tertiary/aromatic N) is 5. The molecule has 27 heavy (non-hydrogen) atoms. The van der Waals surface area contributed by atoms with Crippen molar-refractivity contribution in [3.8, 4) is 0 Å². The zero-order valence-corrected chi connectivity index (χ0v) is 17.4. The summed E-state index contributed by atoms with van der Waals surface area (Å²) in [4.78, 5) is 7.28. The minimum absolute atomic E-state index is 0.239. The molecule has 1 atom stereocenters. The van der Waals surface area contributed by atoms with Gasteiger partial charge >= 0.3 is 0 Å². The molecule has 0 radical (unpaired) electrons. The van der Waals surface area contributed by atoms with E-state index in [-0.39, 0.29) is 6.04 Å². The van der Waals surface area contributed by atoms with Crippen LogP contribution in [0, 0.1) is 0 Å². The molecule has 0 saturated carbocycles. The van der Waals surface area contributed by atoms with E-state index in [1.165, 1.54) is 19.3 Å². The van der Waals surface area contributed by atoms with Crippen molar-refractivity contribution in [3.63, 3.8) is 0 Å². The average molecular weight is 447 g/mol. The van der Waals surface area contributed by atoms with Gasteiger partial charge in [-0.1, -0.05) is 34.0 Å². The molecule has 1 fully saturated rings. The third-order valence-electron chi connectivity index (χ3n) is 5.68. The second kappa shape index (κ2) is 7.06. The van der Waals surface area contributed by atoms with Crippen LogP contribution in [0.2, 0.25) is 5.02 Å². The maximum atomic E-state index is 6.45. The minimum Gasteiger partial charge on any atom is -0.346 e. The Balaban J connectivity index is 1.53. The van der Waals surface area contributed by atoms with Crippen molar-refractivity contribution in [3.05, 3.63) is 45.4 Å². The van der Waals surface area contributed by atoms with Gasteiger partial charge in [0.1, 0.15) is 11.6 Å². The van der Waals surface area contributed by atoms with Gasteiger partial charge in [-0.3, -0.25) is 0 Å². The van der Waals surface area contributed by atoms with Crippen molar-refractivity contribution in [2.75, 3.05) is 11.4 Å². The molecule has 2 aliphatic heterocycles. The summed E-state index contributed by atoms with van der Waals surface area (Å²) in [6.07, 6.45) is 6.97. The van der Waals surface area contributed by atoms with E-state index in [0.29, 0.717) is 5.02 Å². The highest BCUT2D eigenvalue weighted by Gasteiger charge is 2.32. The molecule has 7 heteroatoms. The molecular weight excluding hydrogens is 426 g/mol. The number of aromatic nitrogens is 4. The first-order valence-electron chi connectivity index (χ1n) is 9.65. The number of hydrogen-bond acceptors (Lipinski definition) is 4. The van der Waals surface area contributed by atoms with Gasteiger partial charge in [0.15, 0.2) is 5.82 Å². The van der Waals surface area contributed by atoms with Crippen LogP contribution in [-0.2, 0) is 13.0 Å². The number of anilines is 1. The van der Waals surface area contributed by atoms with E-state index >= 15 is 0 Å². The highest BCUT2D eigenvalue weighted by atomic mass is 79.9. The molecule has 5 nitrogen and oxygen atoms in total. The Kier molecular flexibility index (Phi) is 4.56. The molecule has 0 amide bonds. The van der Waals surface area contributed by atoms with Gasteiger partial charge in [0.25, 0.3) is 0 Å². The smallest absolute Gasteiger partial charge is 0.155 e. The zero-order valence-electron chi connectivity index (χ0n) is 15.0. The molecule has 3 aromatic rings. The van der Waals surface area contributed by atoms with Crippen LogP contribution in [0.4, 0.5) is 5.82 Å². The van der Waals surface area contributed by atoms with Crippen LogP contribution in [0.5, 0.6) is 0 Å². The maximum Gasteiger partial charge on any atom is 0.155 e. The standard InChI is InChI=1S/C20H21BrClN5/c21-14-11-13-7-8-17(23-19(13)15(22)12-14)26-10-4-5-16(26)20-25-24-18-6-2-1-3-9-27(18)20/h7-8,11-12,16H,1-6,9-10H2. The molecule has 1 unspecified atom stereocenters. The minimum atomic E-state index is 0.239. The third kappa shape index (κ3) is 3.13. The van der Waals surface area contributed by atoms with E-state index in [1.807, 2.05) is 6.07 Å². The van der Waals surface area contributed by atoms with Crippen molar-refractivity contribution in [1.29, 1.82) is 0 Å². The summed E-state index contributed by atoms with van der Waals surface area (Å²) in [5.74, 6) is 3.22. The number of rotatable bonds is 2. The molecule has 2 aromatic heterocycles. The Morgan fingerprint density at radius 3 is 2.89 bits per heavy atom. The first-order valence-corrected chi connectivity index (χ1v) is 10.8. The van der Waals surface area contributed by atoms with Crippen LogP contribution in [0.25, 0.3) is 10.9 Å². The van der Waals surface area contributed by atoms with Crippen LogP contribution in [0.1, 0.15) is 49.8 Å². The third-order valence-corrected chi connectivity index (χ3v) is 6.43.